The third-order valence-electron chi connectivity index (χ3n) is 2.10. The van der Waals surface area contributed by atoms with Gasteiger partial charge in [-0.3, -0.25) is 4.79 Å². The minimum atomic E-state index is -0.386. The fourth-order valence-corrected chi connectivity index (χ4v) is 1.60. The SMILES string of the molecule is O=c1[nH]c(C2CCCO2)nc(O)c1Br. The van der Waals surface area contributed by atoms with Crippen LogP contribution in [0, 0.1) is 0 Å². The zero-order chi connectivity index (χ0) is 10.1. The maximum Gasteiger partial charge on any atom is 0.269 e. The Balaban J connectivity index is 2.39. The molecule has 0 amide bonds. The topological polar surface area (TPSA) is 75.2 Å². The number of aromatic nitrogens is 2. The highest BCUT2D eigenvalue weighted by atomic mass is 79.9. The molecule has 2 heterocycles. The van der Waals surface area contributed by atoms with E-state index in [9.17, 15) is 9.90 Å². The van der Waals surface area contributed by atoms with Crippen LogP contribution in [-0.2, 0) is 4.74 Å². The van der Waals surface area contributed by atoms with E-state index in [0.29, 0.717) is 12.4 Å². The summed E-state index contributed by atoms with van der Waals surface area (Å²) in [7, 11) is 0. The summed E-state index contributed by atoms with van der Waals surface area (Å²) >= 11 is 2.92. The first-order chi connectivity index (χ1) is 6.68. The molecule has 76 valence electrons. The van der Waals surface area contributed by atoms with E-state index in [0.717, 1.165) is 12.8 Å². The molecule has 1 unspecified atom stereocenters. The number of halogens is 1. The van der Waals surface area contributed by atoms with Crippen molar-refractivity contribution in [3.8, 4) is 5.88 Å². The monoisotopic (exact) mass is 260 g/mol. The molecule has 1 atom stereocenters. The minimum Gasteiger partial charge on any atom is -0.492 e. The van der Waals surface area contributed by atoms with Gasteiger partial charge in [-0.1, -0.05) is 0 Å². The van der Waals surface area contributed by atoms with E-state index in [-0.39, 0.29) is 22.0 Å². The van der Waals surface area contributed by atoms with Crippen molar-refractivity contribution in [1.82, 2.24) is 9.97 Å². The Bertz CT molecular complexity index is 398. The maximum atomic E-state index is 11.3. The molecule has 0 bridgehead atoms. The highest BCUT2D eigenvalue weighted by molar-refractivity contribution is 9.10. The van der Waals surface area contributed by atoms with Gasteiger partial charge >= 0.3 is 0 Å². The standard InChI is InChI=1S/C8H9BrN2O3/c9-5-7(12)10-6(11-8(5)13)4-2-1-3-14-4/h4H,1-3H2,(H2,10,11,12,13). The van der Waals surface area contributed by atoms with E-state index >= 15 is 0 Å². The molecule has 2 N–H and O–H groups in total. The highest BCUT2D eigenvalue weighted by Crippen LogP contribution is 2.27. The molecule has 2 rings (SSSR count). The molecule has 1 aliphatic rings. The van der Waals surface area contributed by atoms with E-state index in [1.165, 1.54) is 0 Å². The van der Waals surface area contributed by atoms with Crippen LogP contribution in [0.4, 0.5) is 0 Å². The molecule has 1 aromatic heterocycles. The quantitative estimate of drug-likeness (QED) is 0.793. The summed E-state index contributed by atoms with van der Waals surface area (Å²) in [4.78, 5) is 17.7. The first-order valence-electron chi connectivity index (χ1n) is 4.29. The van der Waals surface area contributed by atoms with Gasteiger partial charge in [0.05, 0.1) is 0 Å². The summed E-state index contributed by atoms with van der Waals surface area (Å²) in [5.74, 6) is 0.104. The second-order valence-electron chi connectivity index (χ2n) is 3.09. The molecule has 0 aromatic carbocycles. The lowest BCUT2D eigenvalue weighted by Gasteiger charge is -2.08. The minimum absolute atomic E-state index is 0.0549. The number of hydrogen-bond donors (Lipinski definition) is 2. The van der Waals surface area contributed by atoms with Crippen molar-refractivity contribution in [1.29, 1.82) is 0 Å². The number of hydrogen-bond acceptors (Lipinski definition) is 4. The third kappa shape index (κ3) is 1.67. The Labute approximate surface area is 88.3 Å². The normalized spacial score (nSPS) is 21.4. The lowest BCUT2D eigenvalue weighted by molar-refractivity contribution is 0.104. The zero-order valence-corrected chi connectivity index (χ0v) is 8.87. The number of rotatable bonds is 1. The van der Waals surface area contributed by atoms with Crippen LogP contribution in [0.25, 0.3) is 0 Å². The van der Waals surface area contributed by atoms with E-state index in [1.54, 1.807) is 0 Å². The lowest BCUT2D eigenvalue weighted by atomic mass is 10.2. The van der Waals surface area contributed by atoms with Crippen LogP contribution in [0.3, 0.4) is 0 Å². The van der Waals surface area contributed by atoms with Crippen molar-refractivity contribution in [3.05, 3.63) is 20.7 Å². The number of H-pyrrole nitrogens is 1. The summed E-state index contributed by atoms with van der Waals surface area (Å²) in [6.07, 6.45) is 1.58. The molecule has 1 saturated heterocycles. The highest BCUT2D eigenvalue weighted by Gasteiger charge is 2.21. The number of nitrogens with one attached hydrogen (secondary N) is 1. The maximum absolute atomic E-state index is 11.3. The van der Waals surface area contributed by atoms with Crippen molar-refractivity contribution >= 4 is 15.9 Å². The van der Waals surface area contributed by atoms with Crippen LogP contribution in [0.2, 0.25) is 0 Å². The van der Waals surface area contributed by atoms with Crippen molar-refractivity contribution in [2.24, 2.45) is 0 Å². The second kappa shape index (κ2) is 3.70. The fraction of sp³-hybridized carbons (Fsp3) is 0.500. The van der Waals surface area contributed by atoms with Gasteiger partial charge in [-0.25, -0.2) is 0 Å². The van der Waals surface area contributed by atoms with E-state index in [1.807, 2.05) is 0 Å². The van der Waals surface area contributed by atoms with Gasteiger partial charge in [0, 0.05) is 6.61 Å². The van der Waals surface area contributed by atoms with Crippen molar-refractivity contribution < 1.29 is 9.84 Å². The molecular weight excluding hydrogens is 252 g/mol. The molecule has 6 heteroatoms. The van der Waals surface area contributed by atoms with E-state index in [2.05, 4.69) is 25.9 Å². The molecular formula is C8H9BrN2O3. The van der Waals surface area contributed by atoms with Crippen LogP contribution < -0.4 is 5.56 Å². The van der Waals surface area contributed by atoms with Crippen molar-refractivity contribution in [2.45, 2.75) is 18.9 Å². The van der Waals surface area contributed by atoms with E-state index < -0.39 is 0 Å². The van der Waals surface area contributed by atoms with Crippen LogP contribution >= 0.6 is 15.9 Å². The smallest absolute Gasteiger partial charge is 0.269 e. The summed E-state index contributed by atoms with van der Waals surface area (Å²) in [5.41, 5.74) is -0.386. The number of ether oxygens (including phenoxy) is 1. The number of nitrogens with zero attached hydrogens (tertiary/aromatic N) is 1. The van der Waals surface area contributed by atoms with Gasteiger partial charge in [0.25, 0.3) is 5.56 Å². The number of aromatic hydroxyl groups is 1. The zero-order valence-electron chi connectivity index (χ0n) is 7.29. The third-order valence-corrected chi connectivity index (χ3v) is 2.81. The van der Waals surface area contributed by atoms with Crippen molar-refractivity contribution in [2.75, 3.05) is 6.61 Å². The predicted octanol–water partition coefficient (Wildman–Crippen LogP) is 1.09. The molecule has 1 aromatic rings. The lowest BCUT2D eigenvalue weighted by Crippen LogP contribution is -2.14. The fourth-order valence-electron chi connectivity index (χ4n) is 1.41. The predicted molar refractivity (Wildman–Crippen MR) is 52.1 cm³/mol. The van der Waals surface area contributed by atoms with Gasteiger partial charge < -0.3 is 14.8 Å². The Morgan fingerprint density at radius 1 is 1.64 bits per heavy atom. The number of aromatic amines is 1. The average Bonchev–Trinajstić information content (AvgIpc) is 2.66. The Morgan fingerprint density at radius 3 is 3.00 bits per heavy atom. The summed E-state index contributed by atoms with van der Waals surface area (Å²) in [6.45, 7) is 0.672. The van der Waals surface area contributed by atoms with Gasteiger partial charge in [-0.2, -0.15) is 4.98 Å². The largest absolute Gasteiger partial charge is 0.492 e. The molecule has 0 saturated carbocycles. The van der Waals surface area contributed by atoms with Gasteiger partial charge in [0.1, 0.15) is 16.4 Å². The summed E-state index contributed by atoms with van der Waals surface area (Å²) < 4.78 is 5.38. The Morgan fingerprint density at radius 2 is 2.43 bits per heavy atom. The molecule has 1 fully saturated rings. The van der Waals surface area contributed by atoms with E-state index in [4.69, 9.17) is 4.74 Å². The van der Waals surface area contributed by atoms with Crippen molar-refractivity contribution in [3.63, 3.8) is 0 Å². The Kier molecular flexibility index (Phi) is 2.56. The second-order valence-corrected chi connectivity index (χ2v) is 3.88. The summed E-state index contributed by atoms with van der Waals surface area (Å²) in [5, 5.41) is 9.31. The van der Waals surface area contributed by atoms with Crippen LogP contribution in [-0.4, -0.2) is 21.7 Å². The van der Waals surface area contributed by atoms with Crippen LogP contribution in [0.1, 0.15) is 24.8 Å². The summed E-state index contributed by atoms with van der Waals surface area (Å²) in [6, 6.07) is 0. The molecule has 1 aliphatic heterocycles. The van der Waals surface area contributed by atoms with Gasteiger partial charge in [0.2, 0.25) is 5.88 Å². The van der Waals surface area contributed by atoms with Gasteiger partial charge in [-0.15, -0.1) is 0 Å². The van der Waals surface area contributed by atoms with Crippen LogP contribution in [0.15, 0.2) is 9.27 Å². The molecule has 5 nitrogen and oxygen atoms in total. The Hall–Kier alpha value is -0.880. The average molecular weight is 261 g/mol. The molecule has 0 aliphatic carbocycles. The van der Waals surface area contributed by atoms with Gasteiger partial charge in [-0.05, 0) is 28.8 Å². The molecule has 14 heavy (non-hydrogen) atoms. The molecule has 0 spiro atoms. The van der Waals surface area contributed by atoms with Gasteiger partial charge in [0.15, 0.2) is 0 Å². The first kappa shape index (κ1) is 9.67. The van der Waals surface area contributed by atoms with Crippen LogP contribution in [0.5, 0.6) is 5.88 Å². The molecule has 0 radical (unpaired) electrons. The first-order valence-corrected chi connectivity index (χ1v) is 5.08.